The number of hydrogen-bond acceptors (Lipinski definition) is 3. The first kappa shape index (κ1) is 14.7. The van der Waals surface area contributed by atoms with Crippen molar-refractivity contribution in [3.63, 3.8) is 0 Å². The molecule has 2 aromatic carbocycles. The zero-order chi connectivity index (χ0) is 15.5. The molecule has 0 unspecified atom stereocenters. The third-order valence-corrected chi connectivity index (χ3v) is 3.47. The second kappa shape index (κ2) is 6.23. The molecule has 2 aromatic rings. The van der Waals surface area contributed by atoms with Gasteiger partial charge in [0.15, 0.2) is 11.5 Å². The van der Waals surface area contributed by atoms with Crippen LogP contribution in [0.2, 0.25) is 5.02 Å². The Bertz CT molecular complexity index is 708. The average molecular weight is 322 g/mol. The van der Waals surface area contributed by atoms with Crippen molar-refractivity contribution in [2.75, 3.05) is 13.2 Å². The molecule has 0 saturated heterocycles. The molecule has 0 aromatic heterocycles. The monoisotopic (exact) mass is 321 g/mol. The van der Waals surface area contributed by atoms with Crippen molar-refractivity contribution in [3.05, 3.63) is 58.9 Å². The number of rotatable bonds is 3. The molecule has 1 amide bonds. The van der Waals surface area contributed by atoms with Gasteiger partial charge in [0.1, 0.15) is 18.5 Å². The van der Waals surface area contributed by atoms with Crippen LogP contribution in [-0.2, 0) is 0 Å². The van der Waals surface area contributed by atoms with Gasteiger partial charge in [-0.3, -0.25) is 4.79 Å². The first-order valence-corrected chi connectivity index (χ1v) is 7.13. The van der Waals surface area contributed by atoms with Gasteiger partial charge in [0, 0.05) is 5.02 Å². The highest BCUT2D eigenvalue weighted by atomic mass is 35.5. The third kappa shape index (κ3) is 3.14. The van der Waals surface area contributed by atoms with Crippen LogP contribution in [0.5, 0.6) is 11.5 Å². The van der Waals surface area contributed by atoms with Crippen molar-refractivity contribution in [2.45, 2.75) is 6.10 Å². The normalized spacial score (nSPS) is 16.2. The summed E-state index contributed by atoms with van der Waals surface area (Å²) in [5.74, 6) is 0.132. The van der Waals surface area contributed by atoms with Crippen LogP contribution in [0.3, 0.4) is 0 Å². The largest absolute Gasteiger partial charge is 0.486 e. The van der Waals surface area contributed by atoms with Crippen LogP contribution in [-0.4, -0.2) is 25.2 Å². The van der Waals surface area contributed by atoms with Gasteiger partial charge in [-0.1, -0.05) is 23.7 Å². The second-order valence-corrected chi connectivity index (χ2v) is 5.27. The number of amides is 1. The van der Waals surface area contributed by atoms with Gasteiger partial charge >= 0.3 is 0 Å². The molecule has 0 radical (unpaired) electrons. The van der Waals surface area contributed by atoms with Crippen molar-refractivity contribution >= 4 is 17.5 Å². The van der Waals surface area contributed by atoms with Gasteiger partial charge in [-0.25, -0.2) is 4.39 Å². The number of nitrogens with one attached hydrogen (secondary N) is 1. The Morgan fingerprint density at radius 1 is 1.27 bits per heavy atom. The summed E-state index contributed by atoms with van der Waals surface area (Å²) in [5.41, 5.74) is -0.0541. The van der Waals surface area contributed by atoms with Crippen molar-refractivity contribution in [1.29, 1.82) is 0 Å². The van der Waals surface area contributed by atoms with E-state index < -0.39 is 11.7 Å². The molecule has 1 N–H and O–H groups in total. The van der Waals surface area contributed by atoms with E-state index in [2.05, 4.69) is 5.32 Å². The van der Waals surface area contributed by atoms with Gasteiger partial charge in [-0.2, -0.15) is 0 Å². The highest BCUT2D eigenvalue weighted by Gasteiger charge is 2.21. The second-order valence-electron chi connectivity index (χ2n) is 4.83. The van der Waals surface area contributed by atoms with Crippen molar-refractivity contribution in [3.8, 4) is 11.5 Å². The van der Waals surface area contributed by atoms with E-state index in [-0.39, 0.29) is 23.2 Å². The molecule has 22 heavy (non-hydrogen) atoms. The summed E-state index contributed by atoms with van der Waals surface area (Å²) in [6.07, 6.45) is -0.325. The number of ether oxygens (including phenoxy) is 2. The Morgan fingerprint density at radius 3 is 2.82 bits per heavy atom. The zero-order valence-electron chi connectivity index (χ0n) is 11.5. The van der Waals surface area contributed by atoms with Gasteiger partial charge < -0.3 is 14.8 Å². The predicted molar refractivity (Wildman–Crippen MR) is 80.1 cm³/mol. The predicted octanol–water partition coefficient (Wildman–Crippen LogP) is 3.05. The summed E-state index contributed by atoms with van der Waals surface area (Å²) >= 11 is 5.66. The molecule has 0 saturated carbocycles. The lowest BCUT2D eigenvalue weighted by Crippen LogP contribution is -2.40. The molecule has 3 rings (SSSR count). The number of carbonyl (C=O) groups excluding carboxylic acids is 1. The van der Waals surface area contributed by atoms with Crippen LogP contribution in [0.25, 0.3) is 0 Å². The number of hydrogen-bond donors (Lipinski definition) is 1. The van der Waals surface area contributed by atoms with Gasteiger partial charge in [-0.05, 0) is 30.3 Å². The number of para-hydroxylation sites is 2. The quantitative estimate of drug-likeness (QED) is 0.945. The fraction of sp³-hybridized carbons (Fsp3) is 0.188. The molecule has 1 heterocycles. The summed E-state index contributed by atoms with van der Waals surface area (Å²) in [4.78, 5) is 12.0. The maximum atomic E-state index is 13.7. The highest BCUT2D eigenvalue weighted by Crippen LogP contribution is 2.30. The zero-order valence-corrected chi connectivity index (χ0v) is 12.3. The Balaban J connectivity index is 1.60. The van der Waals surface area contributed by atoms with Gasteiger partial charge in [0.05, 0.1) is 12.1 Å². The van der Waals surface area contributed by atoms with Gasteiger partial charge in [0.25, 0.3) is 5.91 Å². The molecule has 6 heteroatoms. The lowest BCUT2D eigenvalue weighted by atomic mass is 10.2. The first-order chi connectivity index (χ1) is 10.6. The maximum Gasteiger partial charge on any atom is 0.254 e. The minimum atomic E-state index is -0.656. The topological polar surface area (TPSA) is 47.6 Å². The van der Waals surface area contributed by atoms with E-state index in [4.69, 9.17) is 21.1 Å². The molecule has 0 spiro atoms. The molecule has 114 valence electrons. The van der Waals surface area contributed by atoms with Crippen molar-refractivity contribution in [1.82, 2.24) is 5.32 Å². The fourth-order valence-electron chi connectivity index (χ4n) is 2.14. The third-order valence-electron chi connectivity index (χ3n) is 3.23. The van der Waals surface area contributed by atoms with E-state index in [0.29, 0.717) is 18.1 Å². The first-order valence-electron chi connectivity index (χ1n) is 6.75. The summed E-state index contributed by atoms with van der Waals surface area (Å²) in [5, 5.41) is 2.88. The number of fused-ring (bicyclic) bond motifs is 1. The number of benzene rings is 2. The van der Waals surface area contributed by atoms with Crippen LogP contribution in [0, 0.1) is 5.82 Å². The smallest absolute Gasteiger partial charge is 0.254 e. The fourth-order valence-corrected chi connectivity index (χ4v) is 2.30. The molecule has 0 aliphatic carbocycles. The highest BCUT2D eigenvalue weighted by molar-refractivity contribution is 6.30. The molecule has 1 atom stereocenters. The number of halogens is 2. The van der Waals surface area contributed by atoms with Crippen LogP contribution >= 0.6 is 11.6 Å². The molecule has 1 aliphatic heterocycles. The molecule has 1 aliphatic rings. The van der Waals surface area contributed by atoms with Crippen molar-refractivity contribution < 1.29 is 18.7 Å². The standard InChI is InChI=1S/C16H13ClFNO3/c17-10-5-6-12(13(18)7-10)16(20)19-8-11-9-21-14-3-1-2-4-15(14)22-11/h1-7,11H,8-9H2,(H,19,20)/t11-/m1/s1. The van der Waals surface area contributed by atoms with E-state index in [1.165, 1.54) is 12.1 Å². The average Bonchev–Trinajstić information content (AvgIpc) is 2.52. The van der Waals surface area contributed by atoms with E-state index >= 15 is 0 Å². The summed E-state index contributed by atoms with van der Waals surface area (Å²) in [6, 6.07) is 11.2. The maximum absolute atomic E-state index is 13.7. The van der Waals surface area contributed by atoms with Gasteiger partial charge in [0.2, 0.25) is 0 Å². The Kier molecular flexibility index (Phi) is 4.15. The van der Waals surface area contributed by atoms with Crippen LogP contribution < -0.4 is 14.8 Å². The van der Waals surface area contributed by atoms with Crippen LogP contribution in [0.4, 0.5) is 4.39 Å². The lowest BCUT2D eigenvalue weighted by Gasteiger charge is -2.26. The summed E-state index contributed by atoms with van der Waals surface area (Å²) < 4.78 is 24.9. The minimum Gasteiger partial charge on any atom is -0.486 e. The molecule has 0 fully saturated rings. The van der Waals surface area contributed by atoms with Crippen LogP contribution in [0.1, 0.15) is 10.4 Å². The Hall–Kier alpha value is -2.27. The van der Waals surface area contributed by atoms with Crippen molar-refractivity contribution in [2.24, 2.45) is 0 Å². The minimum absolute atomic E-state index is 0.0541. The SMILES string of the molecule is O=C(NC[C@@H]1COc2ccccc2O1)c1ccc(Cl)cc1F. The van der Waals surface area contributed by atoms with E-state index in [9.17, 15) is 9.18 Å². The molecule has 0 bridgehead atoms. The van der Waals surface area contributed by atoms with Gasteiger partial charge in [-0.15, -0.1) is 0 Å². The summed E-state index contributed by atoms with van der Waals surface area (Å²) in [7, 11) is 0. The molecular weight excluding hydrogens is 309 g/mol. The summed E-state index contributed by atoms with van der Waals surface area (Å²) in [6.45, 7) is 0.537. The Morgan fingerprint density at radius 2 is 2.05 bits per heavy atom. The van der Waals surface area contributed by atoms with E-state index in [0.717, 1.165) is 6.07 Å². The number of carbonyl (C=O) groups is 1. The molecule has 4 nitrogen and oxygen atoms in total. The van der Waals surface area contributed by atoms with E-state index in [1.807, 2.05) is 18.2 Å². The lowest BCUT2D eigenvalue weighted by molar-refractivity contribution is 0.0787. The van der Waals surface area contributed by atoms with Crippen LogP contribution in [0.15, 0.2) is 42.5 Å². The Labute approximate surface area is 131 Å². The van der Waals surface area contributed by atoms with E-state index in [1.54, 1.807) is 6.07 Å². The molecular formula is C16H13ClFNO3.